The Morgan fingerprint density at radius 1 is 1.03 bits per heavy atom. The van der Waals surface area contributed by atoms with Crippen molar-refractivity contribution in [2.75, 3.05) is 25.4 Å². The first-order valence-corrected chi connectivity index (χ1v) is 12.8. The van der Waals surface area contributed by atoms with E-state index in [9.17, 15) is 19.5 Å². The highest BCUT2D eigenvalue weighted by atomic mass is 32.2. The van der Waals surface area contributed by atoms with Gasteiger partial charge in [-0.3, -0.25) is 9.59 Å². The van der Waals surface area contributed by atoms with E-state index < -0.39 is 28.3 Å². The van der Waals surface area contributed by atoms with Crippen LogP contribution in [0.4, 0.5) is 4.79 Å². The molecule has 0 spiro atoms. The van der Waals surface area contributed by atoms with Gasteiger partial charge >= 0.3 is 12.1 Å². The van der Waals surface area contributed by atoms with Crippen LogP contribution in [0.2, 0.25) is 0 Å². The summed E-state index contributed by atoms with van der Waals surface area (Å²) in [5.74, 6) is -0.585. The number of alkyl carbamates (subject to hydrolysis) is 1. The van der Waals surface area contributed by atoms with Crippen LogP contribution in [0.5, 0.6) is 0 Å². The fourth-order valence-corrected chi connectivity index (χ4v) is 5.73. The first-order valence-electron chi connectivity index (χ1n) is 11.8. The first-order chi connectivity index (χ1) is 16.5. The molecule has 1 heterocycles. The van der Waals surface area contributed by atoms with Crippen LogP contribution >= 0.6 is 11.8 Å². The lowest BCUT2D eigenvalue weighted by Crippen LogP contribution is -2.61. The number of hydrogen-bond acceptors (Lipinski definition) is 5. The molecule has 2 aliphatic rings. The maximum absolute atomic E-state index is 13.4. The number of carboxylic acid groups (broad SMARTS) is 1. The third-order valence-electron chi connectivity index (χ3n) is 7.48. The lowest BCUT2D eigenvalue weighted by atomic mass is 9.73. The molecule has 2 amide bonds. The summed E-state index contributed by atoms with van der Waals surface area (Å²) < 4.78 is 5.69. The zero-order chi connectivity index (χ0) is 25.4. The molecule has 1 saturated heterocycles. The minimum atomic E-state index is -0.983. The van der Waals surface area contributed by atoms with E-state index in [0.717, 1.165) is 22.3 Å². The van der Waals surface area contributed by atoms with Crippen molar-refractivity contribution in [1.82, 2.24) is 10.2 Å². The number of thioether (sulfide) groups is 1. The van der Waals surface area contributed by atoms with E-state index in [1.165, 1.54) is 11.8 Å². The number of nitrogens with one attached hydrogen (secondary N) is 1. The van der Waals surface area contributed by atoms with E-state index in [2.05, 4.69) is 29.6 Å². The normalized spacial score (nSPS) is 17.9. The molecule has 1 atom stereocenters. The summed E-state index contributed by atoms with van der Waals surface area (Å²) in [7, 11) is 0. The molecule has 1 aliphatic carbocycles. The molecule has 0 saturated carbocycles. The Balaban J connectivity index is 1.42. The minimum absolute atomic E-state index is 0.0512. The van der Waals surface area contributed by atoms with Crippen LogP contribution in [-0.2, 0) is 14.3 Å². The number of aliphatic carboxylic acids is 1. The lowest BCUT2D eigenvalue weighted by molar-refractivity contribution is -0.145. The van der Waals surface area contributed by atoms with Crippen LogP contribution in [-0.4, -0.2) is 64.2 Å². The Morgan fingerprint density at radius 3 is 2.17 bits per heavy atom. The predicted molar refractivity (Wildman–Crippen MR) is 137 cm³/mol. The number of ether oxygens (including phenoxy) is 1. The lowest BCUT2D eigenvalue weighted by Gasteiger charge is -2.44. The number of fused-ring (bicyclic) bond motifs is 3. The highest BCUT2D eigenvalue weighted by molar-refractivity contribution is 8.00. The molecule has 2 aromatic carbocycles. The van der Waals surface area contributed by atoms with Crippen LogP contribution in [0.25, 0.3) is 11.1 Å². The third kappa shape index (κ3) is 4.76. The topological polar surface area (TPSA) is 95.9 Å². The van der Waals surface area contributed by atoms with Crippen molar-refractivity contribution in [3.05, 3.63) is 59.7 Å². The molecule has 7 nitrogen and oxygen atoms in total. The van der Waals surface area contributed by atoms with Gasteiger partial charge in [-0.05, 0) is 49.9 Å². The van der Waals surface area contributed by atoms with Crippen LogP contribution in [0.3, 0.4) is 0 Å². The van der Waals surface area contributed by atoms with Crippen molar-refractivity contribution in [3.8, 4) is 11.1 Å². The quantitative estimate of drug-likeness (QED) is 0.617. The van der Waals surface area contributed by atoms with E-state index in [1.54, 1.807) is 32.6 Å². The van der Waals surface area contributed by atoms with E-state index in [1.807, 2.05) is 24.3 Å². The Labute approximate surface area is 210 Å². The number of carboxylic acids is 1. The van der Waals surface area contributed by atoms with Crippen molar-refractivity contribution in [2.45, 2.75) is 44.4 Å². The van der Waals surface area contributed by atoms with Crippen molar-refractivity contribution >= 4 is 29.7 Å². The van der Waals surface area contributed by atoms with Crippen LogP contribution in [0, 0.1) is 5.41 Å². The van der Waals surface area contributed by atoms with E-state index >= 15 is 0 Å². The summed E-state index contributed by atoms with van der Waals surface area (Å²) in [4.78, 5) is 39.3. The van der Waals surface area contributed by atoms with Gasteiger partial charge in [-0.25, -0.2) is 4.79 Å². The fourth-order valence-electron chi connectivity index (χ4n) is 4.69. The molecule has 2 aromatic rings. The second kappa shape index (κ2) is 9.57. The molecule has 4 rings (SSSR count). The standard InChI is InChI=1S/C27H32N2O5S/c1-26(2,24(32)29-13-14-35-22(15-29)23(30)31)27(3,4)28-25(33)34-16-21-19-11-7-5-9-17(19)18-10-6-8-12-20(18)21/h5-12,21-22H,13-16H2,1-4H3,(H,28,33)(H,30,31). The third-order valence-corrected chi connectivity index (χ3v) is 8.66. The van der Waals surface area contributed by atoms with Crippen molar-refractivity contribution in [3.63, 3.8) is 0 Å². The fraction of sp³-hybridized carbons (Fsp3) is 0.444. The van der Waals surface area contributed by atoms with E-state index in [-0.39, 0.29) is 25.0 Å². The average Bonchev–Trinajstić information content (AvgIpc) is 3.15. The largest absolute Gasteiger partial charge is 0.480 e. The average molecular weight is 497 g/mol. The maximum Gasteiger partial charge on any atom is 0.407 e. The molecule has 1 fully saturated rings. The summed E-state index contributed by atoms with van der Waals surface area (Å²) in [5.41, 5.74) is 2.66. The molecule has 1 unspecified atom stereocenters. The summed E-state index contributed by atoms with van der Waals surface area (Å²) >= 11 is 1.35. The summed E-state index contributed by atoms with van der Waals surface area (Å²) in [6, 6.07) is 16.3. The van der Waals surface area contributed by atoms with Gasteiger partial charge in [-0.1, -0.05) is 48.5 Å². The summed E-state index contributed by atoms with van der Waals surface area (Å²) in [6.45, 7) is 7.96. The minimum Gasteiger partial charge on any atom is -0.480 e. The van der Waals surface area contributed by atoms with Gasteiger partial charge < -0.3 is 20.1 Å². The number of nitrogens with zero attached hydrogens (tertiary/aromatic N) is 1. The van der Waals surface area contributed by atoms with Gasteiger partial charge in [0.1, 0.15) is 11.9 Å². The highest BCUT2D eigenvalue weighted by Gasteiger charge is 2.47. The van der Waals surface area contributed by atoms with E-state index in [0.29, 0.717) is 12.3 Å². The number of carbonyl (C=O) groups is 3. The van der Waals surface area contributed by atoms with Gasteiger partial charge in [0, 0.05) is 24.8 Å². The predicted octanol–water partition coefficient (Wildman–Crippen LogP) is 4.36. The Kier molecular flexibility index (Phi) is 6.86. The Bertz CT molecular complexity index is 1100. The molecule has 0 bridgehead atoms. The molecule has 35 heavy (non-hydrogen) atoms. The monoisotopic (exact) mass is 496 g/mol. The van der Waals surface area contributed by atoms with Gasteiger partial charge in [0.25, 0.3) is 0 Å². The number of rotatable bonds is 6. The number of carbonyl (C=O) groups excluding carboxylic acids is 2. The van der Waals surface area contributed by atoms with Gasteiger partial charge in [0.05, 0.1) is 11.0 Å². The number of benzene rings is 2. The van der Waals surface area contributed by atoms with Crippen LogP contribution in [0.15, 0.2) is 48.5 Å². The van der Waals surface area contributed by atoms with Gasteiger partial charge in [0.2, 0.25) is 5.91 Å². The summed E-state index contributed by atoms with van der Waals surface area (Å²) in [5, 5.41) is 11.6. The highest BCUT2D eigenvalue weighted by Crippen LogP contribution is 2.44. The zero-order valence-electron chi connectivity index (χ0n) is 20.5. The van der Waals surface area contributed by atoms with Crippen molar-refractivity contribution in [2.24, 2.45) is 5.41 Å². The number of amides is 2. The van der Waals surface area contributed by atoms with E-state index in [4.69, 9.17) is 4.74 Å². The Morgan fingerprint density at radius 2 is 1.60 bits per heavy atom. The molecule has 0 radical (unpaired) electrons. The Hall–Kier alpha value is -3.00. The molecular formula is C27H32N2O5S. The van der Waals surface area contributed by atoms with Crippen molar-refractivity contribution in [1.29, 1.82) is 0 Å². The number of hydrogen-bond donors (Lipinski definition) is 2. The molecule has 1 aliphatic heterocycles. The van der Waals surface area contributed by atoms with Crippen LogP contribution < -0.4 is 5.32 Å². The second-order valence-corrected chi connectivity index (χ2v) is 11.5. The zero-order valence-corrected chi connectivity index (χ0v) is 21.4. The second-order valence-electron chi connectivity index (χ2n) is 10.1. The molecular weight excluding hydrogens is 464 g/mol. The molecule has 186 valence electrons. The van der Waals surface area contributed by atoms with Gasteiger partial charge in [0.15, 0.2) is 0 Å². The smallest absolute Gasteiger partial charge is 0.407 e. The molecule has 8 heteroatoms. The van der Waals surface area contributed by atoms with Gasteiger partial charge in [-0.15, -0.1) is 11.8 Å². The van der Waals surface area contributed by atoms with Crippen molar-refractivity contribution < 1.29 is 24.2 Å². The summed E-state index contributed by atoms with van der Waals surface area (Å²) in [6.07, 6.45) is -0.588. The van der Waals surface area contributed by atoms with Gasteiger partial charge in [-0.2, -0.15) is 0 Å². The first kappa shape index (κ1) is 25.1. The SMILES string of the molecule is CC(C)(NC(=O)OCC1c2ccccc2-c2ccccc21)C(C)(C)C(=O)N1CCSC(C(=O)O)C1. The van der Waals surface area contributed by atoms with Crippen LogP contribution in [0.1, 0.15) is 44.7 Å². The maximum atomic E-state index is 13.4. The molecule has 0 aromatic heterocycles. The molecule has 2 N–H and O–H groups in total.